The molecule has 1 aromatic carbocycles. The Morgan fingerprint density at radius 3 is 2.39 bits per heavy atom. The molecule has 2 rings (SSSR count). The minimum Gasteiger partial charge on any atom is -0.481 e. The zero-order valence-corrected chi connectivity index (χ0v) is 10.4. The fraction of sp³-hybridized carbons (Fsp3) is 0.267. The van der Waals surface area contributed by atoms with Crippen LogP contribution in [-0.2, 0) is 12.8 Å². The maximum atomic E-state index is 10.0. The summed E-state index contributed by atoms with van der Waals surface area (Å²) in [7, 11) is 1.59. The Bertz CT molecular complexity index is 468. The monoisotopic (exact) mass is 243 g/mol. The van der Waals surface area contributed by atoms with E-state index in [1.807, 2.05) is 42.5 Å². The zero-order valence-electron chi connectivity index (χ0n) is 10.4. The van der Waals surface area contributed by atoms with Gasteiger partial charge in [0.1, 0.15) is 0 Å². The van der Waals surface area contributed by atoms with Crippen LogP contribution in [0.15, 0.2) is 48.7 Å². The standard InChI is InChI=1S/C15H17NO2/c1-18-15-8-7-13(11-16-15)10-14(17)9-12-5-3-2-4-6-12/h2-8,11,14,17H,9-10H2,1H3. The van der Waals surface area contributed by atoms with Crippen LogP contribution in [0.4, 0.5) is 0 Å². The van der Waals surface area contributed by atoms with E-state index in [-0.39, 0.29) is 6.10 Å². The molecule has 18 heavy (non-hydrogen) atoms. The SMILES string of the molecule is COc1ccc(CC(O)Cc2ccccc2)cn1. The van der Waals surface area contributed by atoms with E-state index in [1.165, 1.54) is 0 Å². The second kappa shape index (κ2) is 6.17. The first-order chi connectivity index (χ1) is 8.78. The van der Waals surface area contributed by atoms with Gasteiger partial charge in [0, 0.05) is 18.7 Å². The number of aromatic nitrogens is 1. The molecule has 1 heterocycles. The van der Waals surface area contributed by atoms with Crippen molar-refractivity contribution in [3.63, 3.8) is 0 Å². The molecule has 3 nitrogen and oxygen atoms in total. The van der Waals surface area contributed by atoms with Crippen LogP contribution in [0.5, 0.6) is 5.88 Å². The number of nitrogens with zero attached hydrogens (tertiary/aromatic N) is 1. The second-order valence-electron chi connectivity index (χ2n) is 4.26. The lowest BCUT2D eigenvalue weighted by atomic mass is 10.0. The van der Waals surface area contributed by atoms with E-state index in [9.17, 15) is 5.11 Å². The van der Waals surface area contributed by atoms with Gasteiger partial charge in [0.15, 0.2) is 0 Å². The maximum Gasteiger partial charge on any atom is 0.212 e. The first-order valence-corrected chi connectivity index (χ1v) is 5.99. The Morgan fingerprint density at radius 2 is 1.78 bits per heavy atom. The number of aliphatic hydroxyl groups excluding tert-OH is 1. The molecular weight excluding hydrogens is 226 g/mol. The smallest absolute Gasteiger partial charge is 0.212 e. The summed E-state index contributed by atoms with van der Waals surface area (Å²) >= 11 is 0. The lowest BCUT2D eigenvalue weighted by molar-refractivity contribution is 0.175. The molecule has 0 aliphatic carbocycles. The van der Waals surface area contributed by atoms with Gasteiger partial charge in [-0.3, -0.25) is 0 Å². The van der Waals surface area contributed by atoms with Crippen molar-refractivity contribution in [1.82, 2.24) is 4.98 Å². The molecule has 1 unspecified atom stereocenters. The molecule has 3 heteroatoms. The second-order valence-corrected chi connectivity index (χ2v) is 4.26. The molecular formula is C15H17NO2. The minimum absolute atomic E-state index is 0.386. The first-order valence-electron chi connectivity index (χ1n) is 5.99. The third-order valence-electron chi connectivity index (χ3n) is 2.79. The molecule has 1 aromatic heterocycles. The third-order valence-corrected chi connectivity index (χ3v) is 2.79. The lowest BCUT2D eigenvalue weighted by Crippen LogP contribution is -2.14. The molecule has 0 radical (unpaired) electrons. The average molecular weight is 243 g/mol. The fourth-order valence-corrected chi connectivity index (χ4v) is 1.88. The summed E-state index contributed by atoms with van der Waals surface area (Å²) in [4.78, 5) is 4.12. The van der Waals surface area contributed by atoms with Gasteiger partial charge < -0.3 is 9.84 Å². The van der Waals surface area contributed by atoms with Gasteiger partial charge in [-0.25, -0.2) is 4.98 Å². The summed E-state index contributed by atoms with van der Waals surface area (Å²) in [6.45, 7) is 0. The Labute approximate surface area is 107 Å². The normalized spacial score (nSPS) is 12.1. The molecule has 0 bridgehead atoms. The summed E-state index contributed by atoms with van der Waals surface area (Å²) in [5.41, 5.74) is 2.16. The quantitative estimate of drug-likeness (QED) is 0.875. The van der Waals surface area contributed by atoms with Crippen molar-refractivity contribution in [1.29, 1.82) is 0 Å². The highest BCUT2D eigenvalue weighted by Crippen LogP contribution is 2.11. The average Bonchev–Trinajstić information content (AvgIpc) is 2.40. The summed E-state index contributed by atoms with van der Waals surface area (Å²) in [5.74, 6) is 0.594. The van der Waals surface area contributed by atoms with Gasteiger partial charge in [-0.05, 0) is 17.5 Å². The Morgan fingerprint density at radius 1 is 1.06 bits per heavy atom. The predicted molar refractivity (Wildman–Crippen MR) is 70.6 cm³/mol. The summed E-state index contributed by atoms with van der Waals surface area (Å²) in [6, 6.07) is 13.7. The van der Waals surface area contributed by atoms with Crippen molar-refractivity contribution in [2.45, 2.75) is 18.9 Å². The van der Waals surface area contributed by atoms with Crippen molar-refractivity contribution in [3.8, 4) is 5.88 Å². The van der Waals surface area contributed by atoms with Crippen LogP contribution in [-0.4, -0.2) is 23.3 Å². The van der Waals surface area contributed by atoms with Gasteiger partial charge in [0.05, 0.1) is 13.2 Å². The number of rotatable bonds is 5. The minimum atomic E-state index is -0.386. The van der Waals surface area contributed by atoms with Gasteiger partial charge in [0.25, 0.3) is 0 Å². The van der Waals surface area contributed by atoms with Gasteiger partial charge >= 0.3 is 0 Å². The molecule has 0 aliphatic rings. The molecule has 0 amide bonds. The number of methoxy groups -OCH3 is 1. The van der Waals surface area contributed by atoms with Crippen molar-refractivity contribution >= 4 is 0 Å². The van der Waals surface area contributed by atoms with Crippen LogP contribution < -0.4 is 4.74 Å². The fourth-order valence-electron chi connectivity index (χ4n) is 1.88. The highest BCUT2D eigenvalue weighted by Gasteiger charge is 2.07. The zero-order chi connectivity index (χ0) is 12.8. The third kappa shape index (κ3) is 3.57. The van der Waals surface area contributed by atoms with Crippen LogP contribution in [0.3, 0.4) is 0 Å². The van der Waals surface area contributed by atoms with E-state index in [1.54, 1.807) is 13.3 Å². The molecule has 0 fully saturated rings. The van der Waals surface area contributed by atoms with E-state index in [0.717, 1.165) is 11.1 Å². The molecule has 0 saturated heterocycles. The summed E-state index contributed by atoms with van der Waals surface area (Å²) < 4.78 is 5.00. The summed E-state index contributed by atoms with van der Waals surface area (Å²) in [6.07, 6.45) is 2.62. The molecule has 0 saturated carbocycles. The largest absolute Gasteiger partial charge is 0.481 e. The number of pyridine rings is 1. The highest BCUT2D eigenvalue weighted by molar-refractivity contribution is 5.20. The first kappa shape index (κ1) is 12.6. The molecule has 0 spiro atoms. The highest BCUT2D eigenvalue weighted by atomic mass is 16.5. The molecule has 0 aliphatic heterocycles. The number of hydrogen-bond donors (Lipinski definition) is 1. The Balaban J connectivity index is 1.92. The Hall–Kier alpha value is -1.87. The lowest BCUT2D eigenvalue weighted by Gasteiger charge is -2.10. The van der Waals surface area contributed by atoms with Crippen LogP contribution in [0.1, 0.15) is 11.1 Å². The predicted octanol–water partition coefficient (Wildman–Crippen LogP) is 2.24. The number of aliphatic hydroxyl groups is 1. The van der Waals surface area contributed by atoms with Crippen molar-refractivity contribution in [2.75, 3.05) is 7.11 Å². The van der Waals surface area contributed by atoms with Crippen molar-refractivity contribution < 1.29 is 9.84 Å². The number of ether oxygens (including phenoxy) is 1. The van der Waals surface area contributed by atoms with Crippen molar-refractivity contribution in [3.05, 3.63) is 59.8 Å². The van der Waals surface area contributed by atoms with E-state index < -0.39 is 0 Å². The Kier molecular flexibility index (Phi) is 4.31. The molecule has 94 valence electrons. The van der Waals surface area contributed by atoms with E-state index in [0.29, 0.717) is 18.7 Å². The van der Waals surface area contributed by atoms with Crippen LogP contribution in [0.2, 0.25) is 0 Å². The van der Waals surface area contributed by atoms with Gasteiger partial charge in [0.2, 0.25) is 5.88 Å². The van der Waals surface area contributed by atoms with Crippen LogP contribution >= 0.6 is 0 Å². The molecule has 1 N–H and O–H groups in total. The van der Waals surface area contributed by atoms with Crippen molar-refractivity contribution in [2.24, 2.45) is 0 Å². The van der Waals surface area contributed by atoms with Crippen LogP contribution in [0, 0.1) is 0 Å². The molecule has 2 aromatic rings. The van der Waals surface area contributed by atoms with Crippen LogP contribution in [0.25, 0.3) is 0 Å². The van der Waals surface area contributed by atoms with E-state index >= 15 is 0 Å². The van der Waals surface area contributed by atoms with Gasteiger partial charge in [-0.15, -0.1) is 0 Å². The number of benzene rings is 1. The summed E-state index contributed by atoms with van der Waals surface area (Å²) in [5, 5.41) is 10.0. The van der Waals surface area contributed by atoms with Gasteiger partial charge in [-0.2, -0.15) is 0 Å². The topological polar surface area (TPSA) is 42.4 Å². The maximum absolute atomic E-state index is 10.0. The van der Waals surface area contributed by atoms with Gasteiger partial charge in [-0.1, -0.05) is 36.4 Å². The van der Waals surface area contributed by atoms with E-state index in [2.05, 4.69) is 4.98 Å². The molecule has 1 atom stereocenters. The number of hydrogen-bond acceptors (Lipinski definition) is 3. The van der Waals surface area contributed by atoms with E-state index in [4.69, 9.17) is 4.74 Å².